The van der Waals surface area contributed by atoms with Crippen LogP contribution in [0, 0.1) is 0 Å². The Balaban J connectivity index is 2.34. The van der Waals surface area contributed by atoms with E-state index in [1.165, 1.54) is 29.1 Å². The number of nitrogens with one attached hydrogen (secondary N) is 1. The molecule has 0 aliphatic carbocycles. The Morgan fingerprint density at radius 2 is 1.81 bits per heavy atom. The highest BCUT2D eigenvalue weighted by atomic mass is 28.3. The van der Waals surface area contributed by atoms with Gasteiger partial charge in [0.2, 0.25) is 5.91 Å². The van der Waals surface area contributed by atoms with E-state index < -0.39 is 8.07 Å². The van der Waals surface area contributed by atoms with Crippen molar-refractivity contribution < 1.29 is 9.59 Å². The molecule has 1 rings (SSSR count). The van der Waals surface area contributed by atoms with E-state index in [0.717, 1.165) is 25.7 Å². The van der Waals surface area contributed by atoms with Crippen molar-refractivity contribution in [3.63, 3.8) is 0 Å². The predicted octanol–water partition coefficient (Wildman–Crippen LogP) is 4.00. The van der Waals surface area contributed by atoms with Crippen LogP contribution >= 0.6 is 0 Å². The van der Waals surface area contributed by atoms with Gasteiger partial charge in [-0.2, -0.15) is 0 Å². The highest BCUT2D eigenvalue weighted by molar-refractivity contribution is 6.79. The van der Waals surface area contributed by atoms with Gasteiger partial charge in [0.1, 0.15) is 0 Å². The fraction of sp³-hybridized carbons (Fsp3) is 0.875. The number of hydrogen-bond donors (Lipinski definition) is 1. The Labute approximate surface area is 130 Å². The molecule has 0 spiro atoms. The third kappa shape index (κ3) is 5.45. The Bertz CT molecular complexity index is 335. The summed E-state index contributed by atoms with van der Waals surface area (Å²) in [5.41, 5.74) is 0. The zero-order valence-corrected chi connectivity index (χ0v) is 15.0. The largest absolute Gasteiger partial charge is 0.338 e. The van der Waals surface area contributed by atoms with Gasteiger partial charge in [0.25, 0.3) is 0 Å². The van der Waals surface area contributed by atoms with E-state index in [1.807, 2.05) is 0 Å². The highest BCUT2D eigenvalue weighted by Gasteiger charge is 2.26. The summed E-state index contributed by atoms with van der Waals surface area (Å²) in [6.07, 6.45) is 4.48. The third-order valence-corrected chi connectivity index (χ3v) is 11.1. The number of likely N-dealkylation sites (tertiary alicyclic amines) is 1. The van der Waals surface area contributed by atoms with Gasteiger partial charge in [-0.3, -0.25) is 9.69 Å². The van der Waals surface area contributed by atoms with Gasteiger partial charge < -0.3 is 5.32 Å². The summed E-state index contributed by atoms with van der Waals surface area (Å²) in [6, 6.07) is 5.10. The molecule has 0 aromatic carbocycles. The predicted molar refractivity (Wildman–Crippen MR) is 90.2 cm³/mol. The molecule has 4 nitrogen and oxygen atoms in total. The van der Waals surface area contributed by atoms with Crippen molar-refractivity contribution in [3.8, 4) is 0 Å². The topological polar surface area (TPSA) is 49.4 Å². The van der Waals surface area contributed by atoms with Crippen LogP contribution in [0.15, 0.2) is 0 Å². The first-order valence-electron chi connectivity index (χ1n) is 8.66. The van der Waals surface area contributed by atoms with Crippen LogP contribution < -0.4 is 5.32 Å². The number of carbonyl (C=O) groups excluding carboxylic acids is 2. The molecule has 0 aromatic heterocycles. The lowest BCUT2D eigenvalue weighted by molar-refractivity contribution is -0.127. The molecule has 0 bridgehead atoms. The Morgan fingerprint density at radius 1 is 1.14 bits per heavy atom. The summed E-state index contributed by atoms with van der Waals surface area (Å²) in [6.45, 7) is 8.23. The molecular weight excluding hydrogens is 280 g/mol. The Morgan fingerprint density at radius 3 is 2.43 bits per heavy atom. The minimum absolute atomic E-state index is 0.00982. The number of imide groups is 1. The molecule has 0 aromatic rings. The van der Waals surface area contributed by atoms with E-state index in [1.54, 1.807) is 0 Å². The van der Waals surface area contributed by atoms with Crippen molar-refractivity contribution in [1.82, 2.24) is 10.2 Å². The molecule has 21 heavy (non-hydrogen) atoms. The molecule has 1 aliphatic rings. The maximum absolute atomic E-state index is 12.1. The normalized spacial score (nSPS) is 16.7. The molecule has 0 unspecified atom stereocenters. The molecule has 1 N–H and O–H groups in total. The molecule has 1 heterocycles. The molecule has 122 valence electrons. The second kappa shape index (κ2) is 9.23. The molecule has 0 saturated carbocycles. The lowest BCUT2D eigenvalue weighted by Crippen LogP contribution is -2.44. The summed E-state index contributed by atoms with van der Waals surface area (Å²) < 4.78 is 0. The lowest BCUT2D eigenvalue weighted by Gasteiger charge is -2.28. The number of urea groups is 1. The van der Waals surface area contributed by atoms with Gasteiger partial charge in [0, 0.05) is 19.5 Å². The molecule has 1 fully saturated rings. The second-order valence-electron chi connectivity index (χ2n) is 6.25. The van der Waals surface area contributed by atoms with E-state index in [9.17, 15) is 9.59 Å². The van der Waals surface area contributed by atoms with Crippen LogP contribution in [0.25, 0.3) is 0 Å². The molecule has 5 heteroatoms. The maximum atomic E-state index is 12.1. The second-order valence-corrected chi connectivity index (χ2v) is 11.9. The number of nitrogens with zero attached hydrogens (tertiary/aromatic N) is 1. The number of amides is 3. The zero-order chi connectivity index (χ0) is 15.7. The smallest absolute Gasteiger partial charge is 0.324 e. The van der Waals surface area contributed by atoms with Crippen LogP contribution in [0.3, 0.4) is 0 Å². The fourth-order valence-electron chi connectivity index (χ4n) is 3.23. The third-order valence-electron chi connectivity index (χ3n) is 5.23. The first-order valence-corrected chi connectivity index (χ1v) is 11.5. The highest BCUT2D eigenvalue weighted by Crippen LogP contribution is 2.26. The van der Waals surface area contributed by atoms with E-state index in [4.69, 9.17) is 0 Å². The van der Waals surface area contributed by atoms with Gasteiger partial charge in [0.05, 0.1) is 8.07 Å². The number of carbonyl (C=O) groups is 2. The first kappa shape index (κ1) is 18.2. The lowest BCUT2D eigenvalue weighted by atomic mass is 10.2. The van der Waals surface area contributed by atoms with Crippen molar-refractivity contribution in [1.29, 1.82) is 0 Å². The van der Waals surface area contributed by atoms with Crippen LogP contribution in [0.4, 0.5) is 4.79 Å². The van der Waals surface area contributed by atoms with Gasteiger partial charge in [-0.15, -0.1) is 0 Å². The molecule has 3 amide bonds. The minimum Gasteiger partial charge on any atom is -0.338 e. The average molecular weight is 313 g/mol. The van der Waals surface area contributed by atoms with Gasteiger partial charge in [-0.25, -0.2) is 4.79 Å². The average Bonchev–Trinajstić information content (AvgIpc) is 2.72. The van der Waals surface area contributed by atoms with Crippen LogP contribution in [-0.4, -0.2) is 38.0 Å². The standard InChI is InChI=1S/C16H32N2O2Si/c1-4-21(5-2,6-3)14-10-12-17-16(20)18-13-9-7-8-11-15(18)19/h4-14H2,1-3H3,(H,17,20). The zero-order valence-electron chi connectivity index (χ0n) is 14.0. The fourth-order valence-corrected chi connectivity index (χ4v) is 6.72. The molecule has 0 radical (unpaired) electrons. The van der Waals surface area contributed by atoms with Gasteiger partial charge in [0.15, 0.2) is 0 Å². The minimum atomic E-state index is -1.08. The number of hydrogen-bond acceptors (Lipinski definition) is 2. The molecular formula is C16H32N2O2Si. The SMILES string of the molecule is CC[Si](CC)(CC)CCCNC(=O)N1CCCCCC1=O. The molecule has 1 aliphatic heterocycles. The Hall–Kier alpha value is -0.843. The summed E-state index contributed by atoms with van der Waals surface area (Å²) in [5.74, 6) is -0.00982. The maximum Gasteiger partial charge on any atom is 0.324 e. The van der Waals surface area contributed by atoms with Crippen LogP contribution in [0.5, 0.6) is 0 Å². The summed E-state index contributed by atoms with van der Waals surface area (Å²) in [7, 11) is -1.08. The van der Waals surface area contributed by atoms with Crippen molar-refractivity contribution in [2.75, 3.05) is 13.1 Å². The van der Waals surface area contributed by atoms with Crippen molar-refractivity contribution in [2.45, 2.75) is 77.1 Å². The van der Waals surface area contributed by atoms with Crippen molar-refractivity contribution in [3.05, 3.63) is 0 Å². The summed E-state index contributed by atoms with van der Waals surface area (Å²) in [5, 5.41) is 2.94. The van der Waals surface area contributed by atoms with Crippen LogP contribution in [0.2, 0.25) is 24.2 Å². The van der Waals surface area contributed by atoms with Gasteiger partial charge in [-0.1, -0.05) is 51.4 Å². The van der Waals surface area contributed by atoms with E-state index in [0.29, 0.717) is 19.5 Å². The van der Waals surface area contributed by atoms with E-state index >= 15 is 0 Å². The van der Waals surface area contributed by atoms with Crippen molar-refractivity contribution >= 4 is 20.0 Å². The monoisotopic (exact) mass is 312 g/mol. The van der Waals surface area contributed by atoms with Crippen molar-refractivity contribution in [2.24, 2.45) is 0 Å². The number of rotatable bonds is 7. The van der Waals surface area contributed by atoms with E-state index in [-0.39, 0.29) is 11.9 Å². The molecule has 0 atom stereocenters. The van der Waals surface area contributed by atoms with Crippen LogP contribution in [-0.2, 0) is 4.79 Å². The van der Waals surface area contributed by atoms with Crippen LogP contribution in [0.1, 0.15) is 52.9 Å². The van der Waals surface area contributed by atoms with Gasteiger partial charge in [-0.05, 0) is 19.3 Å². The molecule has 1 saturated heterocycles. The Kier molecular flexibility index (Phi) is 8.00. The van der Waals surface area contributed by atoms with E-state index in [2.05, 4.69) is 26.1 Å². The first-order chi connectivity index (χ1) is 10.1. The van der Waals surface area contributed by atoms with Gasteiger partial charge >= 0.3 is 6.03 Å². The summed E-state index contributed by atoms with van der Waals surface area (Å²) >= 11 is 0. The quantitative estimate of drug-likeness (QED) is 0.570. The summed E-state index contributed by atoms with van der Waals surface area (Å²) in [4.78, 5) is 25.4.